The van der Waals surface area contributed by atoms with Gasteiger partial charge in [0.05, 0.1) is 11.1 Å². The van der Waals surface area contributed by atoms with Crippen LogP contribution in [0.4, 0.5) is 4.39 Å². The van der Waals surface area contributed by atoms with Gasteiger partial charge in [-0.05, 0) is 41.6 Å². The Labute approximate surface area is 90.7 Å². The molecule has 1 aromatic heterocycles. The zero-order valence-corrected chi connectivity index (χ0v) is 8.69. The predicted molar refractivity (Wildman–Crippen MR) is 53.4 cm³/mol. The first-order chi connectivity index (χ1) is 7.18. The molecule has 6 heteroatoms. The summed E-state index contributed by atoms with van der Waals surface area (Å²) in [5.41, 5.74) is 0.684. The molecule has 78 valence electrons. The quantitative estimate of drug-likeness (QED) is 0.737. The van der Waals surface area contributed by atoms with E-state index in [4.69, 9.17) is 11.6 Å². The van der Waals surface area contributed by atoms with Crippen LogP contribution < -0.4 is 0 Å². The fourth-order valence-electron chi connectivity index (χ4n) is 1.21. The second kappa shape index (κ2) is 3.94. The smallest absolute Gasteiger partial charge is 0.174 e. The van der Waals surface area contributed by atoms with Crippen LogP contribution in [-0.4, -0.2) is 20.2 Å². The normalized spacial score (nSPS) is 12.7. The predicted octanol–water partition coefficient (Wildman–Crippen LogP) is 2.10. The van der Waals surface area contributed by atoms with Crippen LogP contribution in [0.5, 0.6) is 0 Å². The van der Waals surface area contributed by atoms with E-state index in [0.29, 0.717) is 11.5 Å². The molecule has 1 atom stereocenters. The van der Waals surface area contributed by atoms with Crippen molar-refractivity contribution in [2.75, 3.05) is 0 Å². The number of hydrogen-bond donors (Lipinski definition) is 0. The average Bonchev–Trinajstić information content (AvgIpc) is 2.67. The van der Waals surface area contributed by atoms with Crippen molar-refractivity contribution < 1.29 is 4.39 Å². The molecule has 0 spiro atoms. The van der Waals surface area contributed by atoms with Crippen LogP contribution in [0.15, 0.2) is 24.3 Å². The molecule has 1 unspecified atom stereocenters. The molecule has 4 nitrogen and oxygen atoms in total. The zero-order chi connectivity index (χ0) is 10.8. The summed E-state index contributed by atoms with van der Waals surface area (Å²) in [7, 11) is 0. The summed E-state index contributed by atoms with van der Waals surface area (Å²) < 4.78 is 14.2. The van der Waals surface area contributed by atoms with E-state index in [-0.39, 0.29) is 11.2 Å². The molecule has 0 fully saturated rings. The van der Waals surface area contributed by atoms with Gasteiger partial charge in [-0.1, -0.05) is 0 Å². The maximum Gasteiger partial charge on any atom is 0.174 e. The summed E-state index contributed by atoms with van der Waals surface area (Å²) in [5, 5.41) is 10.8. The Bertz CT molecular complexity index is 451. The van der Waals surface area contributed by atoms with Crippen molar-refractivity contribution in [3.63, 3.8) is 0 Å². The molecule has 1 aromatic carbocycles. The molecule has 1 heterocycles. The second-order valence-electron chi connectivity index (χ2n) is 3.04. The standard InChI is InChI=1S/C9H8ClFN4/c1-6(10)9-12-13-14-15(9)8-4-2-7(11)3-5-8/h2-6H,1H3. The van der Waals surface area contributed by atoms with E-state index in [1.165, 1.54) is 16.8 Å². The number of rotatable bonds is 2. The summed E-state index contributed by atoms with van der Waals surface area (Å²) in [4.78, 5) is 0. The Balaban J connectivity index is 2.45. The monoisotopic (exact) mass is 226 g/mol. The third-order valence-electron chi connectivity index (χ3n) is 1.92. The molecule has 0 saturated heterocycles. The lowest BCUT2D eigenvalue weighted by atomic mass is 10.3. The summed E-state index contributed by atoms with van der Waals surface area (Å²) >= 11 is 5.89. The number of halogens is 2. The largest absolute Gasteiger partial charge is 0.207 e. The van der Waals surface area contributed by atoms with Crippen molar-refractivity contribution in [3.05, 3.63) is 35.9 Å². The van der Waals surface area contributed by atoms with E-state index >= 15 is 0 Å². The van der Waals surface area contributed by atoms with Gasteiger partial charge in [0.25, 0.3) is 0 Å². The van der Waals surface area contributed by atoms with Gasteiger partial charge in [-0.25, -0.2) is 4.39 Å². The third kappa shape index (κ3) is 1.97. The van der Waals surface area contributed by atoms with Crippen LogP contribution in [0.1, 0.15) is 18.1 Å². The van der Waals surface area contributed by atoms with Gasteiger partial charge >= 0.3 is 0 Å². The van der Waals surface area contributed by atoms with Crippen LogP contribution in [0.3, 0.4) is 0 Å². The highest BCUT2D eigenvalue weighted by Crippen LogP contribution is 2.18. The zero-order valence-electron chi connectivity index (χ0n) is 7.93. The minimum absolute atomic E-state index is 0.299. The van der Waals surface area contributed by atoms with Crippen molar-refractivity contribution in [1.29, 1.82) is 0 Å². The number of hydrogen-bond acceptors (Lipinski definition) is 3. The van der Waals surface area contributed by atoms with Crippen LogP contribution in [0.2, 0.25) is 0 Å². The van der Waals surface area contributed by atoms with Gasteiger partial charge in [-0.15, -0.1) is 16.7 Å². The van der Waals surface area contributed by atoms with Gasteiger partial charge in [0.1, 0.15) is 5.82 Å². The van der Waals surface area contributed by atoms with Crippen LogP contribution >= 0.6 is 11.6 Å². The van der Waals surface area contributed by atoms with Gasteiger partial charge in [0.2, 0.25) is 0 Å². The maximum atomic E-state index is 12.7. The molecule has 0 aliphatic rings. The number of tetrazole rings is 1. The van der Waals surface area contributed by atoms with Crippen molar-refractivity contribution in [1.82, 2.24) is 20.2 Å². The molecule has 2 aromatic rings. The lowest BCUT2D eigenvalue weighted by Crippen LogP contribution is -2.03. The molecule has 2 rings (SSSR count). The molecule has 0 aliphatic carbocycles. The highest BCUT2D eigenvalue weighted by atomic mass is 35.5. The fraction of sp³-hybridized carbons (Fsp3) is 0.222. The SMILES string of the molecule is CC(Cl)c1nnnn1-c1ccc(F)cc1. The Morgan fingerprint density at radius 2 is 2.00 bits per heavy atom. The van der Waals surface area contributed by atoms with Gasteiger partial charge in [-0.2, -0.15) is 4.68 Å². The summed E-state index contributed by atoms with van der Waals surface area (Å²) in [6.07, 6.45) is 0. The fourth-order valence-corrected chi connectivity index (χ4v) is 1.34. The number of aromatic nitrogens is 4. The van der Waals surface area contributed by atoms with E-state index in [1.807, 2.05) is 0 Å². The highest BCUT2D eigenvalue weighted by Gasteiger charge is 2.12. The lowest BCUT2D eigenvalue weighted by molar-refractivity contribution is 0.626. The van der Waals surface area contributed by atoms with E-state index in [1.54, 1.807) is 19.1 Å². The number of benzene rings is 1. The van der Waals surface area contributed by atoms with Gasteiger partial charge in [0, 0.05) is 0 Å². The maximum absolute atomic E-state index is 12.7. The van der Waals surface area contributed by atoms with Gasteiger partial charge in [0.15, 0.2) is 5.82 Å². The number of alkyl halides is 1. The second-order valence-corrected chi connectivity index (χ2v) is 3.70. The first-order valence-corrected chi connectivity index (χ1v) is 4.80. The molecular formula is C9H8ClFN4. The minimum Gasteiger partial charge on any atom is -0.207 e. The molecule has 0 saturated carbocycles. The van der Waals surface area contributed by atoms with E-state index in [0.717, 1.165) is 0 Å². The highest BCUT2D eigenvalue weighted by molar-refractivity contribution is 6.20. The topological polar surface area (TPSA) is 43.6 Å². The Morgan fingerprint density at radius 3 is 2.60 bits per heavy atom. The Hall–Kier alpha value is -1.49. The molecule has 0 amide bonds. The average molecular weight is 227 g/mol. The summed E-state index contributed by atoms with van der Waals surface area (Å²) in [6, 6.07) is 5.88. The Morgan fingerprint density at radius 1 is 1.33 bits per heavy atom. The lowest BCUT2D eigenvalue weighted by Gasteiger charge is -2.04. The number of nitrogens with zero attached hydrogens (tertiary/aromatic N) is 4. The van der Waals surface area contributed by atoms with Crippen LogP contribution in [0.25, 0.3) is 5.69 Å². The van der Waals surface area contributed by atoms with E-state index in [9.17, 15) is 4.39 Å². The molecule has 15 heavy (non-hydrogen) atoms. The van der Waals surface area contributed by atoms with Gasteiger partial charge < -0.3 is 0 Å². The first-order valence-electron chi connectivity index (χ1n) is 4.37. The summed E-state index contributed by atoms with van der Waals surface area (Å²) in [6.45, 7) is 1.77. The van der Waals surface area contributed by atoms with Crippen molar-refractivity contribution in [3.8, 4) is 5.69 Å². The Kier molecular flexibility index (Phi) is 2.64. The molecule has 0 radical (unpaired) electrons. The third-order valence-corrected chi connectivity index (χ3v) is 2.12. The molecular weight excluding hydrogens is 219 g/mol. The van der Waals surface area contributed by atoms with Crippen LogP contribution in [0, 0.1) is 5.82 Å². The van der Waals surface area contributed by atoms with E-state index in [2.05, 4.69) is 15.5 Å². The molecule has 0 aliphatic heterocycles. The van der Waals surface area contributed by atoms with Gasteiger partial charge in [-0.3, -0.25) is 0 Å². The van der Waals surface area contributed by atoms with Crippen molar-refractivity contribution >= 4 is 11.6 Å². The van der Waals surface area contributed by atoms with Crippen molar-refractivity contribution in [2.24, 2.45) is 0 Å². The molecule has 0 N–H and O–H groups in total. The van der Waals surface area contributed by atoms with Crippen LogP contribution in [-0.2, 0) is 0 Å². The van der Waals surface area contributed by atoms with Crippen molar-refractivity contribution in [2.45, 2.75) is 12.3 Å². The molecule has 0 bridgehead atoms. The van der Waals surface area contributed by atoms with E-state index < -0.39 is 0 Å². The summed E-state index contributed by atoms with van der Waals surface area (Å²) in [5.74, 6) is 0.232. The first kappa shape index (κ1) is 10.0. The minimum atomic E-state index is -0.301.